The standard InChI is InChI=1S/C15H23N3O2S/c1-15(2,3)8-12(19)18-7-5-4-6-10(18)14-17-9-11(21-14)13(16)20/h9-10H,4-8H2,1-3H3,(H2,16,20)/t10-/m1/s1. The van der Waals surface area contributed by atoms with Crippen LogP contribution in [0.25, 0.3) is 0 Å². The van der Waals surface area contributed by atoms with Crippen molar-refractivity contribution in [2.24, 2.45) is 11.1 Å². The molecule has 2 heterocycles. The van der Waals surface area contributed by atoms with E-state index in [2.05, 4.69) is 25.8 Å². The van der Waals surface area contributed by atoms with Crippen molar-refractivity contribution in [3.63, 3.8) is 0 Å². The largest absolute Gasteiger partial charge is 0.365 e. The van der Waals surface area contributed by atoms with E-state index in [1.54, 1.807) is 0 Å². The molecule has 1 saturated heterocycles. The van der Waals surface area contributed by atoms with E-state index >= 15 is 0 Å². The van der Waals surface area contributed by atoms with Crippen molar-refractivity contribution < 1.29 is 9.59 Å². The molecule has 2 N–H and O–H groups in total. The van der Waals surface area contributed by atoms with Gasteiger partial charge in [0, 0.05) is 13.0 Å². The van der Waals surface area contributed by atoms with E-state index in [0.717, 1.165) is 30.8 Å². The third kappa shape index (κ3) is 4.03. The molecule has 1 aliphatic rings. The maximum atomic E-state index is 12.5. The van der Waals surface area contributed by atoms with Crippen molar-refractivity contribution in [3.8, 4) is 0 Å². The number of likely N-dealkylation sites (tertiary alicyclic amines) is 1. The molecule has 0 aliphatic carbocycles. The second kappa shape index (κ2) is 6.13. The smallest absolute Gasteiger partial charge is 0.260 e. The molecule has 1 atom stereocenters. The van der Waals surface area contributed by atoms with E-state index in [1.807, 2.05) is 4.90 Å². The number of rotatable bonds is 3. The second-order valence-corrected chi connectivity index (χ2v) is 7.83. The molecule has 116 valence electrons. The number of hydrogen-bond donors (Lipinski definition) is 1. The Morgan fingerprint density at radius 1 is 1.43 bits per heavy atom. The highest BCUT2D eigenvalue weighted by Gasteiger charge is 2.32. The Morgan fingerprint density at radius 3 is 2.71 bits per heavy atom. The third-order valence-corrected chi connectivity index (χ3v) is 4.67. The molecule has 2 amide bonds. The molecule has 1 aromatic heterocycles. The van der Waals surface area contributed by atoms with Crippen LogP contribution in [0.3, 0.4) is 0 Å². The number of carbonyl (C=O) groups excluding carboxylic acids is 2. The Bertz CT molecular complexity index is 533. The first-order chi connectivity index (χ1) is 9.78. The summed E-state index contributed by atoms with van der Waals surface area (Å²) in [5.74, 6) is -0.287. The lowest BCUT2D eigenvalue weighted by atomic mass is 9.90. The lowest BCUT2D eigenvalue weighted by Gasteiger charge is -2.36. The number of thiazole rings is 1. The summed E-state index contributed by atoms with van der Waals surface area (Å²) < 4.78 is 0. The van der Waals surface area contributed by atoms with Gasteiger partial charge in [-0.1, -0.05) is 20.8 Å². The van der Waals surface area contributed by atoms with E-state index in [4.69, 9.17) is 5.73 Å². The summed E-state index contributed by atoms with van der Waals surface area (Å²) in [5, 5.41) is 0.825. The summed E-state index contributed by atoms with van der Waals surface area (Å²) in [6.07, 6.45) is 5.05. The summed E-state index contributed by atoms with van der Waals surface area (Å²) in [6.45, 7) is 6.97. The summed E-state index contributed by atoms with van der Waals surface area (Å²) in [5.41, 5.74) is 5.26. The number of primary amides is 1. The molecule has 1 aromatic rings. The van der Waals surface area contributed by atoms with Gasteiger partial charge in [-0.05, 0) is 24.7 Å². The van der Waals surface area contributed by atoms with Gasteiger partial charge < -0.3 is 10.6 Å². The minimum Gasteiger partial charge on any atom is -0.365 e. The number of nitrogens with two attached hydrogens (primary N) is 1. The van der Waals surface area contributed by atoms with Gasteiger partial charge in [0.05, 0.1) is 12.2 Å². The minimum absolute atomic E-state index is 0.00769. The van der Waals surface area contributed by atoms with Crippen LogP contribution in [0.2, 0.25) is 0 Å². The van der Waals surface area contributed by atoms with Crippen LogP contribution in [0.5, 0.6) is 0 Å². The fraction of sp³-hybridized carbons (Fsp3) is 0.667. The minimum atomic E-state index is -0.456. The molecule has 21 heavy (non-hydrogen) atoms. The quantitative estimate of drug-likeness (QED) is 0.932. The van der Waals surface area contributed by atoms with Gasteiger partial charge in [-0.15, -0.1) is 11.3 Å². The molecular weight excluding hydrogens is 286 g/mol. The van der Waals surface area contributed by atoms with Crippen LogP contribution in [-0.4, -0.2) is 28.2 Å². The molecular formula is C15H23N3O2S. The number of aromatic nitrogens is 1. The van der Waals surface area contributed by atoms with Crippen molar-refractivity contribution in [2.45, 2.75) is 52.5 Å². The Labute approximate surface area is 129 Å². The van der Waals surface area contributed by atoms with Gasteiger partial charge in [0.1, 0.15) is 9.88 Å². The summed E-state index contributed by atoms with van der Waals surface area (Å²) in [4.78, 5) is 30.5. The van der Waals surface area contributed by atoms with Crippen LogP contribution in [0.4, 0.5) is 0 Å². The van der Waals surface area contributed by atoms with Crippen molar-refractivity contribution in [2.75, 3.05) is 6.54 Å². The number of nitrogens with zero attached hydrogens (tertiary/aromatic N) is 2. The molecule has 2 rings (SSSR count). The number of amides is 2. The van der Waals surface area contributed by atoms with Gasteiger partial charge in [0.2, 0.25) is 5.91 Å². The van der Waals surface area contributed by atoms with E-state index in [0.29, 0.717) is 11.3 Å². The maximum Gasteiger partial charge on any atom is 0.260 e. The van der Waals surface area contributed by atoms with Crippen molar-refractivity contribution in [1.82, 2.24) is 9.88 Å². The van der Waals surface area contributed by atoms with Crippen molar-refractivity contribution >= 4 is 23.2 Å². The first kappa shape index (κ1) is 15.9. The molecule has 5 nitrogen and oxygen atoms in total. The van der Waals surface area contributed by atoms with Crippen molar-refractivity contribution in [1.29, 1.82) is 0 Å². The zero-order valence-electron chi connectivity index (χ0n) is 12.9. The molecule has 0 aromatic carbocycles. The molecule has 0 radical (unpaired) electrons. The number of carbonyl (C=O) groups is 2. The van der Waals surface area contributed by atoms with Crippen LogP contribution in [0, 0.1) is 5.41 Å². The van der Waals surface area contributed by atoms with Crippen LogP contribution < -0.4 is 5.73 Å². The maximum absolute atomic E-state index is 12.5. The summed E-state index contributed by atoms with van der Waals surface area (Å²) in [7, 11) is 0. The number of hydrogen-bond acceptors (Lipinski definition) is 4. The normalized spacial score (nSPS) is 19.6. The Morgan fingerprint density at radius 2 is 2.14 bits per heavy atom. The molecule has 0 bridgehead atoms. The molecule has 0 unspecified atom stereocenters. The molecule has 1 fully saturated rings. The SMILES string of the molecule is CC(C)(C)CC(=O)N1CCCC[C@@H]1c1ncc(C(N)=O)s1. The van der Waals surface area contributed by atoms with E-state index in [1.165, 1.54) is 17.5 Å². The molecule has 0 spiro atoms. The average molecular weight is 309 g/mol. The zero-order valence-corrected chi connectivity index (χ0v) is 13.7. The average Bonchev–Trinajstić information content (AvgIpc) is 2.86. The fourth-order valence-corrected chi connectivity index (χ4v) is 3.52. The van der Waals surface area contributed by atoms with E-state index < -0.39 is 5.91 Å². The molecule has 6 heteroatoms. The van der Waals surface area contributed by atoms with E-state index in [-0.39, 0.29) is 17.4 Å². The Kier molecular flexibility index (Phi) is 4.66. The first-order valence-corrected chi connectivity index (χ1v) is 8.14. The highest BCUT2D eigenvalue weighted by atomic mass is 32.1. The topological polar surface area (TPSA) is 76.3 Å². The molecule has 0 saturated carbocycles. The fourth-order valence-electron chi connectivity index (χ4n) is 2.60. The third-order valence-electron chi connectivity index (χ3n) is 3.56. The summed E-state index contributed by atoms with van der Waals surface area (Å²) in [6, 6.07) is -0.00769. The van der Waals surface area contributed by atoms with Gasteiger partial charge in [0.25, 0.3) is 5.91 Å². The van der Waals surface area contributed by atoms with Crippen molar-refractivity contribution in [3.05, 3.63) is 16.1 Å². The highest BCUT2D eigenvalue weighted by molar-refractivity contribution is 7.13. The molecule has 1 aliphatic heterocycles. The predicted molar refractivity (Wildman–Crippen MR) is 83.0 cm³/mol. The van der Waals surface area contributed by atoms with Gasteiger partial charge in [-0.2, -0.15) is 0 Å². The van der Waals surface area contributed by atoms with Crippen LogP contribution in [0.1, 0.15) is 67.2 Å². The lowest BCUT2D eigenvalue weighted by Crippen LogP contribution is -2.39. The number of piperidine rings is 1. The van der Waals surface area contributed by atoms with Crippen LogP contribution in [0.15, 0.2) is 6.20 Å². The van der Waals surface area contributed by atoms with Crippen LogP contribution in [-0.2, 0) is 4.79 Å². The Balaban J connectivity index is 2.18. The Hall–Kier alpha value is -1.43. The second-order valence-electron chi connectivity index (χ2n) is 6.76. The van der Waals surface area contributed by atoms with Gasteiger partial charge >= 0.3 is 0 Å². The van der Waals surface area contributed by atoms with Crippen LogP contribution >= 0.6 is 11.3 Å². The van der Waals surface area contributed by atoms with E-state index in [9.17, 15) is 9.59 Å². The van der Waals surface area contributed by atoms with Gasteiger partial charge in [-0.3, -0.25) is 9.59 Å². The van der Waals surface area contributed by atoms with Gasteiger partial charge in [0.15, 0.2) is 0 Å². The lowest BCUT2D eigenvalue weighted by molar-refractivity contribution is -0.137. The highest BCUT2D eigenvalue weighted by Crippen LogP contribution is 2.35. The predicted octanol–water partition coefficient (Wildman–Crippen LogP) is 2.73. The first-order valence-electron chi connectivity index (χ1n) is 7.33. The monoisotopic (exact) mass is 309 g/mol. The van der Waals surface area contributed by atoms with Gasteiger partial charge in [-0.25, -0.2) is 4.98 Å². The zero-order chi connectivity index (χ0) is 15.6. The summed E-state index contributed by atoms with van der Waals surface area (Å²) >= 11 is 1.31.